The Kier molecular flexibility index (Phi) is 5.28. The largest absolute Gasteiger partial charge is 0.381 e. The first-order valence-electron chi connectivity index (χ1n) is 8.02. The third-order valence-corrected chi connectivity index (χ3v) is 4.16. The number of ether oxygens (including phenoxy) is 1. The Morgan fingerprint density at radius 2 is 1.90 bits per heavy atom. The summed E-state index contributed by atoms with van der Waals surface area (Å²) in [4.78, 5) is 2.45. The fraction of sp³-hybridized carbons (Fsp3) is 0.667. The molecule has 0 spiro atoms. The fourth-order valence-electron chi connectivity index (χ4n) is 2.83. The molecule has 0 radical (unpaired) electrons. The molecule has 118 valence electrons. The van der Waals surface area contributed by atoms with E-state index in [-0.39, 0.29) is 5.54 Å². The van der Waals surface area contributed by atoms with Gasteiger partial charge in [0.1, 0.15) is 0 Å². The van der Waals surface area contributed by atoms with E-state index >= 15 is 0 Å². The van der Waals surface area contributed by atoms with E-state index in [0.717, 1.165) is 32.6 Å². The van der Waals surface area contributed by atoms with Crippen LogP contribution in [0, 0.1) is 6.92 Å². The Hall–Kier alpha value is -1.06. The van der Waals surface area contributed by atoms with Crippen LogP contribution >= 0.6 is 0 Å². The molecule has 3 heteroatoms. The van der Waals surface area contributed by atoms with Gasteiger partial charge in [-0.1, -0.05) is 17.7 Å². The Bertz CT molecular complexity index is 459. The summed E-state index contributed by atoms with van der Waals surface area (Å²) in [5, 5.41) is 3.61. The smallest absolute Gasteiger partial charge is 0.0485 e. The standard InChI is InChI=1S/C18H30N2O/c1-14-6-7-17(15(12-14)13-19-18(2,3)4)20(5)16-8-10-21-11-9-16/h6-7,12,16,19H,8-11,13H2,1-5H3. The molecule has 1 heterocycles. The molecule has 3 nitrogen and oxygen atoms in total. The second-order valence-electron chi connectivity index (χ2n) is 7.19. The van der Waals surface area contributed by atoms with Crippen molar-refractivity contribution in [2.24, 2.45) is 0 Å². The lowest BCUT2D eigenvalue weighted by molar-refractivity contribution is 0.0854. The summed E-state index contributed by atoms with van der Waals surface area (Å²) in [5.74, 6) is 0. The highest BCUT2D eigenvalue weighted by Crippen LogP contribution is 2.26. The van der Waals surface area contributed by atoms with Crippen LogP contribution in [-0.2, 0) is 11.3 Å². The molecule has 1 aliphatic heterocycles. The molecule has 0 atom stereocenters. The van der Waals surface area contributed by atoms with Gasteiger partial charge < -0.3 is 15.0 Å². The molecule has 0 aliphatic carbocycles. The molecule has 1 fully saturated rings. The first kappa shape index (κ1) is 16.3. The van der Waals surface area contributed by atoms with Gasteiger partial charge in [-0.2, -0.15) is 0 Å². The van der Waals surface area contributed by atoms with Gasteiger partial charge in [-0.15, -0.1) is 0 Å². The molecule has 0 aromatic heterocycles. The van der Waals surface area contributed by atoms with Crippen molar-refractivity contribution in [3.63, 3.8) is 0 Å². The van der Waals surface area contributed by atoms with Gasteiger partial charge >= 0.3 is 0 Å². The SMILES string of the molecule is Cc1ccc(N(C)C2CCOCC2)c(CNC(C)(C)C)c1. The molecule has 0 unspecified atom stereocenters. The maximum atomic E-state index is 5.49. The Balaban J connectivity index is 2.17. The topological polar surface area (TPSA) is 24.5 Å². The number of nitrogens with one attached hydrogen (secondary N) is 1. The summed E-state index contributed by atoms with van der Waals surface area (Å²) < 4.78 is 5.49. The van der Waals surface area contributed by atoms with Crippen LogP contribution in [0.5, 0.6) is 0 Å². The van der Waals surface area contributed by atoms with Crippen LogP contribution in [-0.4, -0.2) is 31.8 Å². The average Bonchev–Trinajstić information content (AvgIpc) is 2.45. The van der Waals surface area contributed by atoms with Crippen LogP contribution in [0.25, 0.3) is 0 Å². The number of nitrogens with zero attached hydrogens (tertiary/aromatic N) is 1. The number of benzene rings is 1. The van der Waals surface area contributed by atoms with Gasteiger partial charge in [0.15, 0.2) is 0 Å². The van der Waals surface area contributed by atoms with Crippen LogP contribution in [0.1, 0.15) is 44.7 Å². The van der Waals surface area contributed by atoms with Crippen LogP contribution in [0.4, 0.5) is 5.69 Å². The van der Waals surface area contributed by atoms with E-state index in [1.807, 2.05) is 0 Å². The second kappa shape index (κ2) is 6.80. The van der Waals surface area contributed by atoms with Crippen molar-refractivity contribution in [3.8, 4) is 0 Å². The van der Waals surface area contributed by atoms with Crippen molar-refractivity contribution in [3.05, 3.63) is 29.3 Å². The highest BCUT2D eigenvalue weighted by Gasteiger charge is 2.21. The third kappa shape index (κ3) is 4.72. The van der Waals surface area contributed by atoms with Crippen LogP contribution < -0.4 is 10.2 Å². The first-order chi connectivity index (χ1) is 9.87. The van der Waals surface area contributed by atoms with Crippen molar-refractivity contribution in [2.45, 2.75) is 58.7 Å². The predicted octanol–water partition coefficient (Wildman–Crippen LogP) is 3.50. The molecule has 0 amide bonds. The summed E-state index contributed by atoms with van der Waals surface area (Å²) >= 11 is 0. The number of hydrogen-bond acceptors (Lipinski definition) is 3. The lowest BCUT2D eigenvalue weighted by Gasteiger charge is -2.34. The highest BCUT2D eigenvalue weighted by molar-refractivity contribution is 5.55. The first-order valence-corrected chi connectivity index (χ1v) is 8.02. The van der Waals surface area contributed by atoms with Gasteiger partial charge in [-0.25, -0.2) is 0 Å². The van der Waals surface area contributed by atoms with Crippen molar-refractivity contribution in [1.82, 2.24) is 5.32 Å². The molecule has 1 saturated heterocycles. The van der Waals surface area contributed by atoms with E-state index < -0.39 is 0 Å². The zero-order valence-corrected chi connectivity index (χ0v) is 14.2. The summed E-state index contributed by atoms with van der Waals surface area (Å²) in [7, 11) is 2.22. The average molecular weight is 290 g/mol. The lowest BCUT2D eigenvalue weighted by Crippen LogP contribution is -2.38. The molecule has 0 saturated carbocycles. The molecule has 0 bridgehead atoms. The molecule has 1 aromatic carbocycles. The third-order valence-electron chi connectivity index (χ3n) is 4.16. The quantitative estimate of drug-likeness (QED) is 0.918. The monoisotopic (exact) mass is 290 g/mol. The maximum Gasteiger partial charge on any atom is 0.0485 e. The van der Waals surface area contributed by atoms with Gasteiger partial charge in [0.2, 0.25) is 0 Å². The predicted molar refractivity (Wildman–Crippen MR) is 90.0 cm³/mol. The molecule has 1 N–H and O–H groups in total. The van der Waals surface area contributed by atoms with E-state index in [9.17, 15) is 0 Å². The van der Waals surface area contributed by atoms with Crippen molar-refractivity contribution >= 4 is 5.69 Å². The molecular formula is C18H30N2O. The van der Waals surface area contributed by atoms with Gasteiger partial charge in [0, 0.05) is 44.1 Å². The van der Waals surface area contributed by atoms with Crippen molar-refractivity contribution in [1.29, 1.82) is 0 Å². The van der Waals surface area contributed by atoms with E-state index in [4.69, 9.17) is 4.74 Å². The molecule has 1 aliphatic rings. The summed E-state index contributed by atoms with van der Waals surface area (Å²) in [6.45, 7) is 11.5. The Labute approximate surface area is 129 Å². The summed E-state index contributed by atoms with van der Waals surface area (Å²) in [6.07, 6.45) is 2.24. The number of rotatable bonds is 4. The summed E-state index contributed by atoms with van der Waals surface area (Å²) in [5.41, 5.74) is 4.20. The van der Waals surface area contributed by atoms with Crippen molar-refractivity contribution < 1.29 is 4.74 Å². The van der Waals surface area contributed by atoms with E-state index in [2.05, 4.69) is 63.2 Å². The van der Waals surface area contributed by atoms with E-state index in [1.165, 1.54) is 16.8 Å². The molecule has 1 aromatic rings. The maximum absolute atomic E-state index is 5.49. The normalized spacial score (nSPS) is 17.0. The fourth-order valence-corrected chi connectivity index (χ4v) is 2.83. The van der Waals surface area contributed by atoms with E-state index in [0.29, 0.717) is 6.04 Å². The second-order valence-corrected chi connectivity index (χ2v) is 7.19. The summed E-state index contributed by atoms with van der Waals surface area (Å²) in [6, 6.07) is 7.38. The number of hydrogen-bond donors (Lipinski definition) is 1. The van der Waals surface area contributed by atoms with Gasteiger partial charge in [0.05, 0.1) is 0 Å². The molecular weight excluding hydrogens is 260 g/mol. The minimum Gasteiger partial charge on any atom is -0.381 e. The Morgan fingerprint density at radius 3 is 2.52 bits per heavy atom. The number of aryl methyl sites for hydroxylation is 1. The van der Waals surface area contributed by atoms with E-state index in [1.54, 1.807) is 0 Å². The van der Waals surface area contributed by atoms with Crippen molar-refractivity contribution in [2.75, 3.05) is 25.2 Å². The molecule has 21 heavy (non-hydrogen) atoms. The van der Waals surface area contributed by atoms with Crippen LogP contribution in [0.15, 0.2) is 18.2 Å². The van der Waals surface area contributed by atoms with Crippen LogP contribution in [0.3, 0.4) is 0 Å². The zero-order valence-electron chi connectivity index (χ0n) is 14.2. The highest BCUT2D eigenvalue weighted by atomic mass is 16.5. The minimum absolute atomic E-state index is 0.137. The van der Waals surface area contributed by atoms with Gasteiger partial charge in [-0.05, 0) is 52.2 Å². The van der Waals surface area contributed by atoms with Gasteiger partial charge in [0.25, 0.3) is 0 Å². The molecule has 2 rings (SSSR count). The van der Waals surface area contributed by atoms with Gasteiger partial charge in [-0.3, -0.25) is 0 Å². The minimum atomic E-state index is 0.137. The van der Waals surface area contributed by atoms with Crippen LogP contribution in [0.2, 0.25) is 0 Å². The lowest BCUT2D eigenvalue weighted by atomic mass is 10.0. The zero-order chi connectivity index (χ0) is 15.5. The Morgan fingerprint density at radius 1 is 1.24 bits per heavy atom. The number of anilines is 1.